The molecule has 0 spiro atoms. The average molecular weight is 408 g/mol. The molecule has 1 aromatic carbocycles. The summed E-state index contributed by atoms with van der Waals surface area (Å²) in [7, 11) is 1.48. The molecule has 0 saturated carbocycles. The Labute approximate surface area is 151 Å². The molecule has 0 saturated heterocycles. The highest BCUT2D eigenvalue weighted by atomic mass is 79.9. The van der Waals surface area contributed by atoms with Crippen molar-refractivity contribution in [2.75, 3.05) is 0 Å². The van der Waals surface area contributed by atoms with Crippen LogP contribution in [0.5, 0.6) is 5.75 Å². The first-order chi connectivity index (χ1) is 11.3. The molecule has 5 nitrogen and oxygen atoms in total. The van der Waals surface area contributed by atoms with E-state index in [1.54, 1.807) is 6.92 Å². The highest BCUT2D eigenvalue weighted by molar-refractivity contribution is 9.10. The van der Waals surface area contributed by atoms with Gasteiger partial charge in [-0.1, -0.05) is 18.1 Å². The monoisotopic (exact) mass is 407 g/mol. The van der Waals surface area contributed by atoms with Crippen molar-refractivity contribution >= 4 is 28.1 Å². The van der Waals surface area contributed by atoms with E-state index in [1.807, 2.05) is 6.07 Å². The zero-order chi connectivity index (χ0) is 18.0. The van der Waals surface area contributed by atoms with Crippen molar-refractivity contribution in [3.05, 3.63) is 49.3 Å². The molecule has 1 aromatic heterocycles. The summed E-state index contributed by atoms with van der Waals surface area (Å²) in [6.07, 6.45) is 6.01. The van der Waals surface area contributed by atoms with Crippen LogP contribution in [0, 0.1) is 34.1 Å². The van der Waals surface area contributed by atoms with Gasteiger partial charge >= 0.3 is 5.69 Å². The number of nitriles is 1. The van der Waals surface area contributed by atoms with E-state index in [9.17, 15) is 9.18 Å². The normalized spacial score (nSPS) is 11.4. The summed E-state index contributed by atoms with van der Waals surface area (Å²) >= 11 is 8.32. The van der Waals surface area contributed by atoms with Gasteiger partial charge in [0.15, 0.2) is 6.10 Å². The second-order valence-electron chi connectivity index (χ2n) is 4.83. The number of ether oxygens (including phenoxy) is 1. The van der Waals surface area contributed by atoms with E-state index in [4.69, 9.17) is 28.6 Å². The van der Waals surface area contributed by atoms with Gasteiger partial charge in [-0.25, -0.2) is 9.18 Å². The van der Waals surface area contributed by atoms with E-state index in [0.29, 0.717) is 4.47 Å². The molecule has 24 heavy (non-hydrogen) atoms. The predicted octanol–water partition coefficient (Wildman–Crippen LogP) is 3.08. The van der Waals surface area contributed by atoms with E-state index in [1.165, 1.54) is 23.9 Å². The lowest BCUT2D eigenvalue weighted by Crippen LogP contribution is -2.29. The molecule has 122 valence electrons. The van der Waals surface area contributed by atoms with E-state index in [2.05, 4.69) is 21.9 Å². The lowest BCUT2D eigenvalue weighted by molar-refractivity contribution is 0.277. The number of terminal acetylenes is 1. The Hall–Kier alpha value is -2.42. The largest absolute Gasteiger partial charge is 0.477 e. The summed E-state index contributed by atoms with van der Waals surface area (Å²) < 4.78 is 22.9. The van der Waals surface area contributed by atoms with Crippen LogP contribution in [-0.4, -0.2) is 15.2 Å². The van der Waals surface area contributed by atoms with Gasteiger partial charge in [0.25, 0.3) is 0 Å². The third-order valence-electron chi connectivity index (χ3n) is 3.21. The number of rotatable bonds is 3. The van der Waals surface area contributed by atoms with Crippen molar-refractivity contribution in [2.45, 2.75) is 13.0 Å². The molecule has 1 unspecified atom stereocenters. The Bertz CT molecular complexity index is 1010. The summed E-state index contributed by atoms with van der Waals surface area (Å²) in [6, 6.07) is 4.10. The minimum absolute atomic E-state index is 0.0188. The smallest absolute Gasteiger partial charge is 0.333 e. The van der Waals surface area contributed by atoms with E-state index in [-0.39, 0.29) is 21.6 Å². The van der Waals surface area contributed by atoms with Crippen LogP contribution in [-0.2, 0) is 7.05 Å². The number of hydrogen-bond acceptors (Lipinski definition) is 4. The molecule has 0 amide bonds. The summed E-state index contributed by atoms with van der Waals surface area (Å²) in [5, 5.41) is 9.13. The van der Waals surface area contributed by atoms with Crippen LogP contribution in [0.4, 0.5) is 4.39 Å². The lowest BCUT2D eigenvalue weighted by Gasteiger charge is -2.15. The molecule has 0 aliphatic carbocycles. The molecule has 2 rings (SSSR count). The Morgan fingerprint density at radius 1 is 1.50 bits per heavy atom. The highest BCUT2D eigenvalue weighted by Crippen LogP contribution is 2.26. The van der Waals surface area contributed by atoms with Crippen molar-refractivity contribution in [3.63, 3.8) is 0 Å². The van der Waals surface area contributed by atoms with Gasteiger partial charge in [-0.15, -0.1) is 6.42 Å². The van der Waals surface area contributed by atoms with Crippen molar-refractivity contribution < 1.29 is 9.13 Å². The molecular weight excluding hydrogens is 397 g/mol. The fraction of sp³-hybridized carbons (Fsp3) is 0.188. The van der Waals surface area contributed by atoms with Crippen LogP contribution < -0.4 is 10.4 Å². The second kappa shape index (κ2) is 7.00. The molecule has 1 atom stereocenters. The Morgan fingerprint density at radius 2 is 2.17 bits per heavy atom. The fourth-order valence-electron chi connectivity index (χ4n) is 1.94. The number of benzene rings is 1. The van der Waals surface area contributed by atoms with Crippen LogP contribution in [0.15, 0.2) is 27.6 Å². The van der Waals surface area contributed by atoms with Gasteiger partial charge in [-0.05, 0) is 28.9 Å². The number of halogens is 2. The Kier molecular flexibility index (Phi) is 5.23. The quantitative estimate of drug-likeness (QED) is 0.579. The fourth-order valence-corrected chi connectivity index (χ4v) is 2.54. The van der Waals surface area contributed by atoms with Gasteiger partial charge in [-0.2, -0.15) is 5.26 Å². The van der Waals surface area contributed by atoms with Gasteiger partial charge in [0.05, 0.1) is 15.7 Å². The van der Waals surface area contributed by atoms with Gasteiger partial charge in [0, 0.05) is 19.3 Å². The molecule has 0 N–H and O–H groups in total. The molecule has 0 bridgehead atoms. The molecule has 1 heterocycles. The molecule has 0 aliphatic heterocycles. The van der Waals surface area contributed by atoms with Crippen molar-refractivity contribution in [2.24, 2.45) is 7.05 Å². The van der Waals surface area contributed by atoms with Crippen molar-refractivity contribution in [1.29, 1.82) is 5.26 Å². The SMILES string of the molecule is C#CC(C)Oc1cc(-n2cc(Br)c(=S)n(C)c2=O)c(F)cc1C#N. The van der Waals surface area contributed by atoms with Crippen LogP contribution in [0.1, 0.15) is 12.5 Å². The minimum atomic E-state index is -0.752. The first kappa shape index (κ1) is 17.9. The zero-order valence-corrected chi connectivity index (χ0v) is 15.1. The topological polar surface area (TPSA) is 59.9 Å². The van der Waals surface area contributed by atoms with E-state index < -0.39 is 17.6 Å². The highest BCUT2D eigenvalue weighted by Gasteiger charge is 2.16. The summed E-state index contributed by atoms with van der Waals surface area (Å²) in [4.78, 5) is 12.4. The van der Waals surface area contributed by atoms with Gasteiger partial charge < -0.3 is 4.74 Å². The second-order valence-corrected chi connectivity index (χ2v) is 6.07. The molecule has 0 fully saturated rings. The predicted molar refractivity (Wildman–Crippen MR) is 93.1 cm³/mol. The summed E-state index contributed by atoms with van der Waals surface area (Å²) in [5.74, 6) is 1.70. The maximum Gasteiger partial charge on any atom is 0.333 e. The third-order valence-corrected chi connectivity index (χ3v) is 4.55. The molecule has 2 aromatic rings. The summed E-state index contributed by atoms with van der Waals surface area (Å²) in [6.45, 7) is 1.61. The minimum Gasteiger partial charge on any atom is -0.477 e. The lowest BCUT2D eigenvalue weighted by atomic mass is 10.1. The Morgan fingerprint density at radius 3 is 2.75 bits per heavy atom. The van der Waals surface area contributed by atoms with Gasteiger partial charge in [0.1, 0.15) is 22.3 Å². The van der Waals surface area contributed by atoms with Gasteiger partial charge in [-0.3, -0.25) is 9.13 Å². The summed E-state index contributed by atoms with van der Waals surface area (Å²) in [5.41, 5.74) is -0.637. The van der Waals surface area contributed by atoms with Crippen LogP contribution in [0.2, 0.25) is 0 Å². The van der Waals surface area contributed by atoms with Crippen LogP contribution >= 0.6 is 28.1 Å². The van der Waals surface area contributed by atoms with E-state index >= 15 is 0 Å². The van der Waals surface area contributed by atoms with Crippen LogP contribution in [0.3, 0.4) is 0 Å². The number of aromatic nitrogens is 2. The maximum atomic E-state index is 14.4. The first-order valence-corrected chi connectivity index (χ1v) is 7.85. The maximum absolute atomic E-state index is 14.4. The van der Waals surface area contributed by atoms with Crippen molar-refractivity contribution in [1.82, 2.24) is 9.13 Å². The molecule has 0 radical (unpaired) electrons. The standard InChI is InChI=1S/C16H11BrFN3O2S/c1-4-9(2)23-14-6-13(12(18)5-10(14)7-19)21-8-11(17)15(24)20(3)16(21)22/h1,5-6,8-9H,2-3H3. The molecule has 0 aliphatic rings. The van der Waals surface area contributed by atoms with Crippen LogP contribution in [0.25, 0.3) is 5.69 Å². The van der Waals surface area contributed by atoms with E-state index in [0.717, 1.165) is 10.6 Å². The van der Waals surface area contributed by atoms with Crippen molar-refractivity contribution in [3.8, 4) is 29.8 Å². The van der Waals surface area contributed by atoms with Gasteiger partial charge in [0.2, 0.25) is 0 Å². The number of hydrogen-bond donors (Lipinski definition) is 0. The third kappa shape index (κ3) is 3.25. The number of nitrogens with zero attached hydrogens (tertiary/aromatic N) is 3. The molecular formula is C16H11BrFN3O2S. The first-order valence-electron chi connectivity index (χ1n) is 6.65. The Balaban J connectivity index is 2.75. The zero-order valence-electron chi connectivity index (χ0n) is 12.7. The molecule has 8 heteroatoms. The average Bonchev–Trinajstić information content (AvgIpc) is 2.57.